The van der Waals surface area contributed by atoms with Gasteiger partial charge in [-0.25, -0.2) is 4.98 Å². The van der Waals surface area contributed by atoms with Crippen molar-refractivity contribution < 1.29 is 9.59 Å². The molecule has 25 heavy (non-hydrogen) atoms. The summed E-state index contributed by atoms with van der Waals surface area (Å²) in [7, 11) is 0. The molecule has 0 aliphatic carbocycles. The Bertz CT molecular complexity index is 775. The van der Waals surface area contributed by atoms with Gasteiger partial charge in [0.05, 0.1) is 5.52 Å². The average Bonchev–Trinajstić information content (AvgIpc) is 3.01. The Hall–Kier alpha value is -2.37. The molecule has 2 aromatic heterocycles. The van der Waals surface area contributed by atoms with Gasteiger partial charge in [-0.15, -0.1) is 0 Å². The fraction of sp³-hybridized carbons (Fsp3) is 0.526. The molecule has 1 saturated heterocycles. The van der Waals surface area contributed by atoms with Crippen molar-refractivity contribution in [3.05, 3.63) is 35.9 Å². The van der Waals surface area contributed by atoms with Gasteiger partial charge < -0.3 is 10.2 Å². The third kappa shape index (κ3) is 3.52. The average molecular weight is 342 g/mol. The number of hydrogen-bond acceptors (Lipinski definition) is 3. The van der Waals surface area contributed by atoms with Crippen molar-refractivity contribution in [1.29, 1.82) is 0 Å². The van der Waals surface area contributed by atoms with Gasteiger partial charge >= 0.3 is 0 Å². The lowest BCUT2D eigenvalue weighted by Gasteiger charge is -2.29. The molecule has 1 aliphatic rings. The number of carbonyl (C=O) groups is 2. The van der Waals surface area contributed by atoms with Crippen LogP contribution in [0.15, 0.2) is 24.4 Å². The van der Waals surface area contributed by atoms with E-state index in [2.05, 4.69) is 17.2 Å². The normalized spacial score (nSPS) is 16.8. The molecule has 2 aromatic rings. The number of rotatable bonds is 4. The zero-order chi connectivity index (χ0) is 18.0. The quantitative estimate of drug-likeness (QED) is 0.929. The van der Waals surface area contributed by atoms with Crippen LogP contribution in [-0.4, -0.2) is 45.2 Å². The van der Waals surface area contributed by atoms with Crippen molar-refractivity contribution in [2.75, 3.05) is 13.1 Å². The summed E-state index contributed by atoms with van der Waals surface area (Å²) in [6.07, 6.45) is 4.66. The van der Waals surface area contributed by atoms with Gasteiger partial charge in [-0.05, 0) is 44.2 Å². The van der Waals surface area contributed by atoms with Crippen molar-refractivity contribution in [2.45, 2.75) is 46.1 Å². The molecule has 0 bridgehead atoms. The van der Waals surface area contributed by atoms with Crippen LogP contribution in [0.5, 0.6) is 0 Å². The van der Waals surface area contributed by atoms with E-state index in [0.717, 1.165) is 32.4 Å². The monoisotopic (exact) mass is 342 g/mol. The van der Waals surface area contributed by atoms with Crippen LogP contribution in [-0.2, 0) is 0 Å². The highest BCUT2D eigenvalue weighted by Gasteiger charge is 2.27. The van der Waals surface area contributed by atoms with E-state index in [1.807, 2.05) is 36.9 Å². The van der Waals surface area contributed by atoms with Gasteiger partial charge in [-0.1, -0.05) is 19.9 Å². The van der Waals surface area contributed by atoms with Gasteiger partial charge in [0, 0.05) is 25.3 Å². The summed E-state index contributed by atoms with van der Waals surface area (Å²) in [5.74, 6) is 0.637. The van der Waals surface area contributed by atoms with Gasteiger partial charge in [0.1, 0.15) is 0 Å². The summed E-state index contributed by atoms with van der Waals surface area (Å²) < 4.78 is 1.73. The first-order chi connectivity index (χ1) is 12.0. The lowest BCUT2D eigenvalue weighted by molar-refractivity contribution is 0.0684. The molecule has 1 N–H and O–H groups in total. The molecule has 0 saturated carbocycles. The minimum absolute atomic E-state index is 0.0655. The van der Waals surface area contributed by atoms with E-state index in [1.54, 1.807) is 10.6 Å². The Labute approximate surface area is 148 Å². The minimum Gasteiger partial charge on any atom is -0.348 e. The summed E-state index contributed by atoms with van der Waals surface area (Å²) in [5.41, 5.74) is 0.978. The van der Waals surface area contributed by atoms with Crippen molar-refractivity contribution in [3.8, 4) is 0 Å². The van der Waals surface area contributed by atoms with E-state index in [1.165, 1.54) is 0 Å². The summed E-state index contributed by atoms with van der Waals surface area (Å²) in [4.78, 5) is 31.8. The zero-order valence-corrected chi connectivity index (χ0v) is 15.2. The van der Waals surface area contributed by atoms with Crippen molar-refractivity contribution >= 4 is 17.3 Å². The van der Waals surface area contributed by atoms with Gasteiger partial charge in [0.2, 0.25) is 5.82 Å². The number of nitrogens with one attached hydrogen (secondary N) is 1. The molecule has 1 fully saturated rings. The van der Waals surface area contributed by atoms with Crippen LogP contribution < -0.4 is 5.32 Å². The lowest BCUT2D eigenvalue weighted by Crippen LogP contribution is -2.38. The number of amides is 2. The second kappa shape index (κ2) is 7.25. The Morgan fingerprint density at radius 2 is 2.04 bits per heavy atom. The fourth-order valence-corrected chi connectivity index (χ4v) is 3.10. The smallest absolute Gasteiger partial charge is 0.290 e. The number of imidazole rings is 1. The largest absolute Gasteiger partial charge is 0.348 e. The predicted molar refractivity (Wildman–Crippen MR) is 96.7 cm³/mol. The Kier molecular flexibility index (Phi) is 5.06. The van der Waals surface area contributed by atoms with Crippen molar-refractivity contribution in [1.82, 2.24) is 19.6 Å². The SMILES string of the molecule is CCC(C)NC(=O)c1nc(C(=O)N2CCC(C)CC2)n2ccccc12. The summed E-state index contributed by atoms with van der Waals surface area (Å²) >= 11 is 0. The fourth-order valence-electron chi connectivity index (χ4n) is 3.10. The number of pyridine rings is 1. The molecule has 0 aromatic carbocycles. The Morgan fingerprint density at radius 1 is 1.32 bits per heavy atom. The van der Waals surface area contributed by atoms with Crippen LogP contribution in [0.2, 0.25) is 0 Å². The summed E-state index contributed by atoms with van der Waals surface area (Å²) in [6, 6.07) is 5.59. The molecular formula is C19H26N4O2. The molecule has 1 aliphatic heterocycles. The first-order valence-electron chi connectivity index (χ1n) is 9.08. The molecule has 6 nitrogen and oxygen atoms in total. The Morgan fingerprint density at radius 3 is 2.72 bits per heavy atom. The maximum atomic E-state index is 12.9. The molecule has 3 heterocycles. The van der Waals surface area contributed by atoms with Crippen LogP contribution in [0, 0.1) is 5.92 Å². The van der Waals surface area contributed by atoms with Gasteiger partial charge in [0.25, 0.3) is 11.8 Å². The number of likely N-dealkylation sites (tertiary alicyclic amines) is 1. The highest BCUT2D eigenvalue weighted by Crippen LogP contribution is 2.20. The molecular weight excluding hydrogens is 316 g/mol. The van der Waals surface area contributed by atoms with E-state index in [-0.39, 0.29) is 17.9 Å². The molecule has 2 amide bonds. The molecule has 0 spiro atoms. The topological polar surface area (TPSA) is 66.7 Å². The van der Waals surface area contributed by atoms with Crippen LogP contribution in [0.4, 0.5) is 0 Å². The number of nitrogens with zero attached hydrogens (tertiary/aromatic N) is 3. The second-order valence-corrected chi connectivity index (χ2v) is 7.00. The summed E-state index contributed by atoms with van der Waals surface area (Å²) in [5, 5.41) is 2.94. The van der Waals surface area contributed by atoms with Crippen LogP contribution in [0.25, 0.3) is 5.52 Å². The van der Waals surface area contributed by atoms with E-state index >= 15 is 0 Å². The number of hydrogen-bond donors (Lipinski definition) is 1. The molecule has 3 rings (SSSR count). The second-order valence-electron chi connectivity index (χ2n) is 7.00. The van der Waals surface area contributed by atoms with E-state index in [9.17, 15) is 9.59 Å². The van der Waals surface area contributed by atoms with Crippen molar-refractivity contribution in [3.63, 3.8) is 0 Å². The number of aromatic nitrogens is 2. The van der Waals surface area contributed by atoms with Crippen LogP contribution in [0.1, 0.15) is 61.1 Å². The third-order valence-corrected chi connectivity index (χ3v) is 5.02. The maximum absolute atomic E-state index is 12.9. The highest BCUT2D eigenvalue weighted by molar-refractivity contribution is 6.02. The number of carbonyl (C=O) groups excluding carboxylic acids is 2. The Balaban J connectivity index is 1.93. The van der Waals surface area contributed by atoms with Crippen molar-refractivity contribution in [2.24, 2.45) is 5.92 Å². The van der Waals surface area contributed by atoms with E-state index in [0.29, 0.717) is 23.0 Å². The standard InChI is InChI=1S/C19H26N4O2/c1-4-14(3)20-18(24)16-15-7-5-6-10-23(15)17(21-16)19(25)22-11-8-13(2)9-12-22/h5-7,10,13-14H,4,8-9,11-12H2,1-3H3,(H,20,24). The number of fused-ring (bicyclic) bond motifs is 1. The first kappa shape index (κ1) is 17.5. The van der Waals surface area contributed by atoms with Gasteiger partial charge in [-0.2, -0.15) is 0 Å². The minimum atomic E-state index is -0.232. The summed E-state index contributed by atoms with van der Waals surface area (Å²) in [6.45, 7) is 7.68. The molecule has 0 radical (unpaired) electrons. The molecule has 6 heteroatoms. The van der Waals surface area contributed by atoms with Crippen LogP contribution >= 0.6 is 0 Å². The lowest BCUT2D eigenvalue weighted by atomic mass is 9.99. The maximum Gasteiger partial charge on any atom is 0.290 e. The zero-order valence-electron chi connectivity index (χ0n) is 15.2. The molecule has 134 valence electrons. The number of piperidine rings is 1. The molecule has 1 atom stereocenters. The molecule has 1 unspecified atom stereocenters. The predicted octanol–water partition coefficient (Wildman–Crippen LogP) is 2.73. The van der Waals surface area contributed by atoms with Gasteiger partial charge in [-0.3, -0.25) is 14.0 Å². The third-order valence-electron chi connectivity index (χ3n) is 5.02. The van der Waals surface area contributed by atoms with E-state index in [4.69, 9.17) is 0 Å². The van der Waals surface area contributed by atoms with Crippen LogP contribution in [0.3, 0.4) is 0 Å². The van der Waals surface area contributed by atoms with Gasteiger partial charge in [0.15, 0.2) is 5.69 Å². The first-order valence-corrected chi connectivity index (χ1v) is 9.08. The van der Waals surface area contributed by atoms with E-state index < -0.39 is 0 Å². The highest BCUT2D eigenvalue weighted by atomic mass is 16.2.